The van der Waals surface area contributed by atoms with Gasteiger partial charge in [0.15, 0.2) is 6.61 Å². The number of benzene rings is 2. The highest BCUT2D eigenvalue weighted by molar-refractivity contribution is 7.12. The van der Waals surface area contributed by atoms with Gasteiger partial charge in [0.2, 0.25) is 0 Å². The van der Waals surface area contributed by atoms with Gasteiger partial charge in [-0.05, 0) is 59.3 Å². The number of ether oxygens (including phenoxy) is 1. The minimum atomic E-state index is -0.355. The van der Waals surface area contributed by atoms with Crippen LogP contribution in [0.5, 0.6) is 5.75 Å². The second-order valence-corrected chi connectivity index (χ2v) is 10.4. The summed E-state index contributed by atoms with van der Waals surface area (Å²) in [4.78, 5) is 33.6. The molecular weight excluding hydrogens is 515 g/mol. The molecule has 2 aromatic carbocycles. The number of amides is 2. The van der Waals surface area contributed by atoms with Gasteiger partial charge < -0.3 is 9.64 Å². The molecule has 0 N–H and O–H groups in total. The highest BCUT2D eigenvalue weighted by Gasteiger charge is 2.34. The zero-order chi connectivity index (χ0) is 26.8. The van der Waals surface area contributed by atoms with Gasteiger partial charge in [0, 0.05) is 43.0 Å². The number of hydrogen-bond donors (Lipinski definition) is 0. The molecule has 2 aromatic heterocycles. The van der Waals surface area contributed by atoms with E-state index in [0.717, 1.165) is 27.3 Å². The second kappa shape index (κ2) is 10.8. The third-order valence-corrected chi connectivity index (χ3v) is 7.87. The minimum absolute atomic E-state index is 0.0713. The molecule has 4 aromatic rings. The molecule has 9 heteroatoms. The summed E-state index contributed by atoms with van der Waals surface area (Å²) in [6.45, 7) is 0.797. The molecule has 2 aliphatic rings. The third kappa shape index (κ3) is 5.18. The number of hydrazone groups is 1. The fraction of sp³-hybridized carbons (Fsp3) is 0.200. The molecule has 0 fully saturated rings. The molecule has 7 nitrogen and oxygen atoms in total. The van der Waals surface area contributed by atoms with Gasteiger partial charge >= 0.3 is 0 Å². The van der Waals surface area contributed by atoms with Crippen LogP contribution in [-0.2, 0) is 17.8 Å². The van der Waals surface area contributed by atoms with Gasteiger partial charge in [-0.25, -0.2) is 9.40 Å². The monoisotopic (exact) mass is 540 g/mol. The van der Waals surface area contributed by atoms with Crippen LogP contribution in [0.2, 0.25) is 0 Å². The highest BCUT2D eigenvalue weighted by atomic mass is 32.1. The smallest absolute Gasteiger partial charge is 0.281 e. The summed E-state index contributed by atoms with van der Waals surface area (Å²) < 4.78 is 19.6. The topological polar surface area (TPSA) is 75.1 Å². The Labute approximate surface area is 229 Å². The van der Waals surface area contributed by atoms with Gasteiger partial charge in [-0.3, -0.25) is 14.6 Å². The van der Waals surface area contributed by atoms with E-state index < -0.39 is 0 Å². The lowest BCUT2D eigenvalue weighted by Crippen LogP contribution is -2.37. The standard InChI is InChI=1S/C30H25FN4O3S/c31-22-10-8-21(9-11-22)26-16-25(28-7-3-15-39-28)33-35(26)29(36)19-38-27-6-1-5-24-23(27)12-14-34(30(24)37)18-20-4-2-13-32-17-20/h1-11,13,15,17,26H,12,14,16,18-19H2/t26-/m0/s1. The molecule has 0 radical (unpaired) electrons. The van der Waals surface area contributed by atoms with E-state index in [1.165, 1.54) is 17.1 Å². The zero-order valence-electron chi connectivity index (χ0n) is 21.0. The van der Waals surface area contributed by atoms with Crippen LogP contribution >= 0.6 is 11.3 Å². The van der Waals surface area contributed by atoms with Gasteiger partial charge in [-0.1, -0.05) is 30.3 Å². The molecule has 0 spiro atoms. The van der Waals surface area contributed by atoms with Crippen molar-refractivity contribution in [2.45, 2.75) is 25.4 Å². The summed E-state index contributed by atoms with van der Waals surface area (Å²) in [5.74, 6) is -0.193. The van der Waals surface area contributed by atoms with Crippen LogP contribution in [0, 0.1) is 5.82 Å². The van der Waals surface area contributed by atoms with Gasteiger partial charge in [-0.15, -0.1) is 11.3 Å². The molecule has 1 atom stereocenters. The molecule has 39 heavy (non-hydrogen) atoms. The summed E-state index contributed by atoms with van der Waals surface area (Å²) in [6.07, 6.45) is 4.62. The number of halogens is 1. The Morgan fingerprint density at radius 2 is 1.95 bits per heavy atom. The first-order valence-electron chi connectivity index (χ1n) is 12.7. The number of aromatic nitrogens is 1. The molecule has 6 rings (SSSR count). The second-order valence-electron chi connectivity index (χ2n) is 9.44. The Hall–Kier alpha value is -4.37. The minimum Gasteiger partial charge on any atom is -0.483 e. The number of thiophene rings is 1. The molecule has 0 aliphatic carbocycles. The quantitative estimate of drug-likeness (QED) is 0.322. The Kier molecular flexibility index (Phi) is 6.89. The van der Waals surface area contributed by atoms with E-state index in [1.807, 2.05) is 29.6 Å². The lowest BCUT2D eigenvalue weighted by molar-refractivity contribution is -0.135. The summed E-state index contributed by atoms with van der Waals surface area (Å²) in [6, 6.07) is 18.9. The summed E-state index contributed by atoms with van der Waals surface area (Å²) >= 11 is 1.56. The van der Waals surface area contributed by atoms with Crippen molar-refractivity contribution < 1.29 is 18.7 Å². The van der Waals surface area contributed by atoms with E-state index in [9.17, 15) is 14.0 Å². The van der Waals surface area contributed by atoms with Gasteiger partial charge in [0.25, 0.3) is 11.8 Å². The van der Waals surface area contributed by atoms with Crippen molar-refractivity contribution in [2.75, 3.05) is 13.2 Å². The normalized spacial score (nSPS) is 16.7. The van der Waals surface area contributed by atoms with Crippen LogP contribution < -0.4 is 4.74 Å². The van der Waals surface area contributed by atoms with E-state index in [1.54, 1.807) is 59.0 Å². The Morgan fingerprint density at radius 1 is 1.08 bits per heavy atom. The molecule has 196 valence electrons. The maximum Gasteiger partial charge on any atom is 0.281 e. The first kappa shape index (κ1) is 24.9. The average Bonchev–Trinajstić information content (AvgIpc) is 3.65. The Balaban J connectivity index is 1.19. The fourth-order valence-electron chi connectivity index (χ4n) is 5.02. The lowest BCUT2D eigenvalue weighted by Gasteiger charge is -2.29. The zero-order valence-corrected chi connectivity index (χ0v) is 21.8. The van der Waals surface area contributed by atoms with Crippen LogP contribution in [0.15, 0.2) is 89.6 Å². The van der Waals surface area contributed by atoms with E-state index in [2.05, 4.69) is 10.1 Å². The van der Waals surface area contributed by atoms with Crippen molar-refractivity contribution in [1.82, 2.24) is 14.9 Å². The first-order valence-corrected chi connectivity index (χ1v) is 13.6. The van der Waals surface area contributed by atoms with E-state index in [0.29, 0.717) is 37.2 Å². The Bertz CT molecular complexity index is 1520. The number of nitrogens with zero attached hydrogens (tertiary/aromatic N) is 4. The number of carbonyl (C=O) groups is 2. The molecular formula is C30H25FN4O3S. The van der Waals surface area contributed by atoms with E-state index in [4.69, 9.17) is 4.74 Å². The Morgan fingerprint density at radius 3 is 2.72 bits per heavy atom. The molecule has 2 amide bonds. The molecule has 2 aliphatic heterocycles. The number of carbonyl (C=O) groups excluding carboxylic acids is 2. The fourth-order valence-corrected chi connectivity index (χ4v) is 5.74. The number of pyridine rings is 1. The molecule has 0 bridgehead atoms. The van der Waals surface area contributed by atoms with Gasteiger partial charge in [-0.2, -0.15) is 5.10 Å². The molecule has 4 heterocycles. The molecule has 0 saturated heterocycles. The predicted octanol–water partition coefficient (Wildman–Crippen LogP) is 5.24. The van der Waals surface area contributed by atoms with Crippen LogP contribution in [0.1, 0.15) is 44.4 Å². The van der Waals surface area contributed by atoms with Crippen molar-refractivity contribution in [3.8, 4) is 5.75 Å². The number of hydrogen-bond acceptors (Lipinski definition) is 6. The largest absolute Gasteiger partial charge is 0.483 e. The van der Waals surface area contributed by atoms with Crippen molar-refractivity contribution in [2.24, 2.45) is 5.10 Å². The van der Waals surface area contributed by atoms with Crippen LogP contribution in [0.4, 0.5) is 4.39 Å². The van der Waals surface area contributed by atoms with Crippen molar-refractivity contribution in [1.29, 1.82) is 0 Å². The maximum atomic E-state index is 13.6. The van der Waals surface area contributed by atoms with Crippen LogP contribution in [0.3, 0.4) is 0 Å². The van der Waals surface area contributed by atoms with E-state index >= 15 is 0 Å². The average molecular weight is 541 g/mol. The molecule has 0 saturated carbocycles. The third-order valence-electron chi connectivity index (χ3n) is 6.96. The molecule has 0 unspecified atom stereocenters. The first-order chi connectivity index (χ1) is 19.1. The SMILES string of the molecule is O=C1c2cccc(OCC(=O)N3N=C(c4cccs4)C[C@H]3c3ccc(F)cc3)c2CCN1Cc1cccnc1. The van der Waals surface area contributed by atoms with Crippen molar-refractivity contribution in [3.05, 3.63) is 117 Å². The lowest BCUT2D eigenvalue weighted by atomic mass is 9.97. The number of rotatable bonds is 7. The maximum absolute atomic E-state index is 13.6. The van der Waals surface area contributed by atoms with Gasteiger partial charge in [0.1, 0.15) is 11.6 Å². The van der Waals surface area contributed by atoms with Crippen LogP contribution in [-0.4, -0.2) is 45.6 Å². The highest BCUT2D eigenvalue weighted by Crippen LogP contribution is 2.34. The summed E-state index contributed by atoms with van der Waals surface area (Å²) in [5, 5.41) is 8.05. The van der Waals surface area contributed by atoms with Gasteiger partial charge in [0.05, 0.1) is 16.6 Å². The van der Waals surface area contributed by atoms with E-state index in [-0.39, 0.29) is 30.3 Å². The summed E-state index contributed by atoms with van der Waals surface area (Å²) in [5.41, 5.74) is 3.96. The van der Waals surface area contributed by atoms with Crippen molar-refractivity contribution >= 4 is 28.9 Å². The van der Waals surface area contributed by atoms with Crippen molar-refractivity contribution in [3.63, 3.8) is 0 Å². The predicted molar refractivity (Wildman–Crippen MR) is 146 cm³/mol. The number of fused-ring (bicyclic) bond motifs is 1. The van der Waals surface area contributed by atoms with Crippen LogP contribution in [0.25, 0.3) is 0 Å². The summed E-state index contributed by atoms with van der Waals surface area (Å²) in [7, 11) is 0.